The van der Waals surface area contributed by atoms with Gasteiger partial charge in [0, 0.05) is 12.1 Å². The molecule has 0 aromatic carbocycles. The fourth-order valence-electron chi connectivity index (χ4n) is 2.51. The van der Waals surface area contributed by atoms with Gasteiger partial charge in [-0.3, -0.25) is 9.69 Å². The Bertz CT molecular complexity index is 265. The van der Waals surface area contributed by atoms with Crippen LogP contribution in [0.1, 0.15) is 46.5 Å². The molecule has 1 aliphatic rings. The van der Waals surface area contributed by atoms with E-state index in [1.807, 2.05) is 27.8 Å². The lowest BCUT2D eigenvalue weighted by atomic mass is 9.96. The van der Waals surface area contributed by atoms with Gasteiger partial charge in [-0.1, -0.05) is 12.8 Å². The lowest BCUT2D eigenvalue weighted by Crippen LogP contribution is -2.52. The lowest BCUT2D eigenvalue weighted by molar-refractivity contribution is -0.157. The van der Waals surface area contributed by atoms with Gasteiger partial charge in [0.1, 0.15) is 5.60 Å². The molecule has 0 aromatic rings. The van der Waals surface area contributed by atoms with Gasteiger partial charge in [-0.2, -0.15) is 0 Å². The van der Waals surface area contributed by atoms with Gasteiger partial charge in [-0.15, -0.1) is 0 Å². The minimum Gasteiger partial charge on any atom is -0.459 e. The van der Waals surface area contributed by atoms with Crippen molar-refractivity contribution in [2.75, 3.05) is 20.1 Å². The summed E-state index contributed by atoms with van der Waals surface area (Å²) in [4.78, 5) is 13.9. The molecule has 0 saturated heterocycles. The molecule has 1 aliphatic carbocycles. The number of hydrogen-bond acceptors (Lipinski definition) is 4. The predicted octanol–water partition coefficient (Wildman–Crippen LogP) is 1.53. The maximum Gasteiger partial charge on any atom is 0.320 e. The zero-order chi connectivity index (χ0) is 13.1. The first-order valence-corrected chi connectivity index (χ1v) is 6.42. The van der Waals surface area contributed by atoms with Crippen LogP contribution in [0.15, 0.2) is 0 Å². The largest absolute Gasteiger partial charge is 0.459 e. The minimum atomic E-state index is -0.413. The van der Waals surface area contributed by atoms with Crippen molar-refractivity contribution in [3.05, 3.63) is 0 Å². The van der Waals surface area contributed by atoms with Crippen LogP contribution >= 0.6 is 0 Å². The molecule has 0 amide bonds. The molecule has 0 aromatic heterocycles. The van der Waals surface area contributed by atoms with E-state index in [0.29, 0.717) is 13.1 Å². The van der Waals surface area contributed by atoms with Crippen LogP contribution in [-0.2, 0) is 9.53 Å². The van der Waals surface area contributed by atoms with Crippen molar-refractivity contribution in [1.82, 2.24) is 4.90 Å². The van der Waals surface area contributed by atoms with E-state index in [1.165, 1.54) is 12.8 Å². The molecule has 4 heteroatoms. The second kappa shape index (κ2) is 5.36. The average Bonchev–Trinajstić information content (AvgIpc) is 2.63. The van der Waals surface area contributed by atoms with Gasteiger partial charge in [-0.25, -0.2) is 0 Å². The Morgan fingerprint density at radius 2 is 1.88 bits per heavy atom. The van der Waals surface area contributed by atoms with Gasteiger partial charge in [0.2, 0.25) is 0 Å². The molecule has 0 unspecified atom stereocenters. The third-order valence-electron chi connectivity index (χ3n) is 3.51. The van der Waals surface area contributed by atoms with Crippen LogP contribution in [0, 0.1) is 0 Å². The third kappa shape index (κ3) is 3.96. The van der Waals surface area contributed by atoms with Gasteiger partial charge in [0.15, 0.2) is 0 Å². The first kappa shape index (κ1) is 14.5. The molecule has 100 valence electrons. The standard InChI is InChI=1S/C13H26N2O2/c1-12(2,3)17-11(16)9-15(4)13(10-14)7-5-6-8-13/h5-10,14H2,1-4H3. The monoisotopic (exact) mass is 242 g/mol. The normalized spacial score (nSPS) is 19.6. The maximum absolute atomic E-state index is 11.8. The van der Waals surface area contributed by atoms with Crippen molar-refractivity contribution in [2.24, 2.45) is 5.73 Å². The van der Waals surface area contributed by atoms with E-state index < -0.39 is 5.60 Å². The third-order valence-corrected chi connectivity index (χ3v) is 3.51. The first-order chi connectivity index (χ1) is 7.79. The fraction of sp³-hybridized carbons (Fsp3) is 0.923. The number of likely N-dealkylation sites (N-methyl/N-ethyl adjacent to an activating group) is 1. The van der Waals surface area contributed by atoms with Crippen molar-refractivity contribution >= 4 is 5.97 Å². The van der Waals surface area contributed by atoms with E-state index in [1.54, 1.807) is 0 Å². The maximum atomic E-state index is 11.8. The number of esters is 1. The predicted molar refractivity (Wildman–Crippen MR) is 68.7 cm³/mol. The second-order valence-corrected chi connectivity index (χ2v) is 6.08. The van der Waals surface area contributed by atoms with Crippen LogP contribution < -0.4 is 5.73 Å². The Balaban J connectivity index is 2.53. The van der Waals surface area contributed by atoms with Crippen molar-refractivity contribution < 1.29 is 9.53 Å². The molecule has 0 aliphatic heterocycles. The molecule has 0 spiro atoms. The van der Waals surface area contributed by atoms with Gasteiger partial charge >= 0.3 is 5.97 Å². The highest BCUT2D eigenvalue weighted by Gasteiger charge is 2.37. The van der Waals surface area contributed by atoms with Crippen molar-refractivity contribution in [2.45, 2.75) is 57.6 Å². The summed E-state index contributed by atoms with van der Waals surface area (Å²) in [6.45, 7) is 6.61. The summed E-state index contributed by atoms with van der Waals surface area (Å²) in [5, 5.41) is 0. The van der Waals surface area contributed by atoms with E-state index in [0.717, 1.165) is 12.8 Å². The molecule has 1 saturated carbocycles. The van der Waals surface area contributed by atoms with Crippen LogP contribution in [0.5, 0.6) is 0 Å². The van der Waals surface area contributed by atoms with E-state index in [2.05, 4.69) is 4.90 Å². The molecular formula is C13H26N2O2. The number of carbonyl (C=O) groups is 1. The average molecular weight is 242 g/mol. The number of carbonyl (C=O) groups excluding carboxylic acids is 1. The van der Waals surface area contributed by atoms with Crippen LogP contribution in [0.2, 0.25) is 0 Å². The van der Waals surface area contributed by atoms with Crippen molar-refractivity contribution in [1.29, 1.82) is 0 Å². The Hall–Kier alpha value is -0.610. The molecule has 0 radical (unpaired) electrons. The van der Waals surface area contributed by atoms with Crippen LogP contribution in [0.3, 0.4) is 0 Å². The Kier molecular flexibility index (Phi) is 4.55. The minimum absolute atomic E-state index is 0.0108. The van der Waals surface area contributed by atoms with Crippen molar-refractivity contribution in [3.63, 3.8) is 0 Å². The molecule has 0 atom stereocenters. The van der Waals surface area contributed by atoms with Crippen LogP contribution in [0.25, 0.3) is 0 Å². The Labute approximate surface area is 104 Å². The topological polar surface area (TPSA) is 55.6 Å². The van der Waals surface area contributed by atoms with Gasteiger partial charge in [0.25, 0.3) is 0 Å². The van der Waals surface area contributed by atoms with E-state index in [9.17, 15) is 4.79 Å². The smallest absolute Gasteiger partial charge is 0.320 e. The first-order valence-electron chi connectivity index (χ1n) is 6.42. The Morgan fingerprint density at radius 1 is 1.35 bits per heavy atom. The van der Waals surface area contributed by atoms with Gasteiger partial charge in [-0.05, 0) is 40.7 Å². The van der Waals surface area contributed by atoms with Crippen LogP contribution in [0.4, 0.5) is 0 Å². The highest BCUT2D eigenvalue weighted by atomic mass is 16.6. The van der Waals surface area contributed by atoms with Crippen LogP contribution in [-0.4, -0.2) is 42.1 Å². The highest BCUT2D eigenvalue weighted by Crippen LogP contribution is 2.33. The molecule has 1 fully saturated rings. The fourth-order valence-corrected chi connectivity index (χ4v) is 2.51. The van der Waals surface area contributed by atoms with E-state index in [-0.39, 0.29) is 11.5 Å². The number of ether oxygens (including phenoxy) is 1. The SMILES string of the molecule is CN(CC(=O)OC(C)(C)C)C1(CN)CCCC1. The molecule has 0 bridgehead atoms. The molecular weight excluding hydrogens is 216 g/mol. The van der Waals surface area contributed by atoms with Gasteiger partial charge in [0.05, 0.1) is 6.54 Å². The van der Waals surface area contributed by atoms with Crippen molar-refractivity contribution in [3.8, 4) is 0 Å². The van der Waals surface area contributed by atoms with Gasteiger partial charge < -0.3 is 10.5 Å². The van der Waals surface area contributed by atoms with E-state index >= 15 is 0 Å². The second-order valence-electron chi connectivity index (χ2n) is 6.08. The Morgan fingerprint density at radius 3 is 2.29 bits per heavy atom. The summed E-state index contributed by atoms with van der Waals surface area (Å²) >= 11 is 0. The quantitative estimate of drug-likeness (QED) is 0.760. The zero-order valence-electron chi connectivity index (χ0n) is 11.6. The number of rotatable bonds is 4. The van der Waals surface area contributed by atoms with E-state index in [4.69, 9.17) is 10.5 Å². The molecule has 0 heterocycles. The summed E-state index contributed by atoms with van der Waals surface area (Å²) in [6.07, 6.45) is 4.58. The highest BCUT2D eigenvalue weighted by molar-refractivity contribution is 5.72. The lowest BCUT2D eigenvalue weighted by Gasteiger charge is -2.37. The zero-order valence-corrected chi connectivity index (χ0v) is 11.6. The molecule has 4 nitrogen and oxygen atoms in total. The molecule has 2 N–H and O–H groups in total. The number of hydrogen-bond donors (Lipinski definition) is 1. The summed E-state index contributed by atoms with van der Waals surface area (Å²) < 4.78 is 5.34. The number of nitrogens with zero attached hydrogens (tertiary/aromatic N) is 1. The molecule has 1 rings (SSSR count). The summed E-state index contributed by atoms with van der Waals surface area (Å²) in [6, 6.07) is 0. The summed E-state index contributed by atoms with van der Waals surface area (Å²) in [5.74, 6) is -0.167. The summed E-state index contributed by atoms with van der Waals surface area (Å²) in [5.41, 5.74) is 5.48. The molecule has 17 heavy (non-hydrogen) atoms. The summed E-state index contributed by atoms with van der Waals surface area (Å²) in [7, 11) is 1.97. The number of nitrogens with two attached hydrogens (primary N) is 1.